The van der Waals surface area contributed by atoms with E-state index in [1.807, 2.05) is 100 Å². The Balaban J connectivity index is 0.831. The lowest BCUT2D eigenvalue weighted by Crippen LogP contribution is -2.71. The summed E-state index contributed by atoms with van der Waals surface area (Å²) in [7, 11) is -14.3. The van der Waals surface area contributed by atoms with E-state index in [1.165, 1.54) is 42.5 Å². The molecule has 0 unspecified atom stereocenters. The van der Waals surface area contributed by atoms with E-state index in [0.717, 1.165) is 21.9 Å². The number of rotatable bonds is 3. The molecule has 3 N–H and O–H groups in total. The zero-order valence-electron chi connectivity index (χ0n) is 45.6. The van der Waals surface area contributed by atoms with Crippen LogP contribution in [0.4, 0.5) is 23.3 Å². The van der Waals surface area contributed by atoms with Crippen LogP contribution in [0.15, 0.2) is 182 Å². The Morgan fingerprint density at radius 2 is 0.663 bits per heavy atom. The molecule has 0 radical (unpaired) electrons. The molecule has 18 heterocycles. The van der Waals surface area contributed by atoms with Gasteiger partial charge in [0.1, 0.15) is 0 Å². The number of hydrogen-bond donors (Lipinski definition) is 3. The predicted molar refractivity (Wildman–Crippen MR) is 319 cm³/mol. The number of aromatic nitrogens is 8. The van der Waals surface area contributed by atoms with Crippen molar-refractivity contribution < 1.29 is 57.2 Å². The number of nitrogens with zero attached hydrogens (tertiary/aromatic N) is 20. The molecule has 24 rings (SSSR count). The van der Waals surface area contributed by atoms with E-state index in [2.05, 4.69) is 9.14 Å². The van der Waals surface area contributed by atoms with Crippen LogP contribution in [-0.4, -0.2) is 142 Å². The Morgan fingerprint density at radius 3 is 1.12 bits per heavy atom. The van der Waals surface area contributed by atoms with Crippen molar-refractivity contribution >= 4 is 155 Å². The monoisotopic (exact) mass is 1260 g/mol. The Kier molecular flexibility index (Phi) is 7.17. The lowest BCUT2D eigenvalue weighted by Gasteiger charge is -2.40. The SMILES string of the molecule is O=S(=O)(O)c1ccc2c(c1)C1=[N+]3C2=Nc2c4cc(S(=O)(=O)O)ccc4c4n2[C@]32n3c(c5ccccc5c3=NC3=[N+]2C(=N4)c2nc4nc5c(nc4nc23)C2=[N+]3C5=Nc4c5cc(S(=O)(=O)O)ccc5c5n4[C@]34n3c(c6ccccc6c3=N2)=NC2=[N+]4C(=N5)c3ccccc32)=N1. The summed E-state index contributed by atoms with van der Waals surface area (Å²) in [6.07, 6.45) is 0. The number of fused-ring (bicyclic) bond motifs is 25. The van der Waals surface area contributed by atoms with Crippen molar-refractivity contribution in [1.29, 1.82) is 0 Å². The highest BCUT2D eigenvalue weighted by Crippen LogP contribution is 2.55. The van der Waals surface area contributed by atoms with Crippen molar-refractivity contribution in [2.45, 2.75) is 26.5 Å². The second-order valence-electron chi connectivity index (χ2n) is 23.6. The van der Waals surface area contributed by atoms with Crippen molar-refractivity contribution in [2.75, 3.05) is 0 Å². The summed E-state index contributed by atoms with van der Waals surface area (Å²) in [4.78, 5) is 63.8. The summed E-state index contributed by atoms with van der Waals surface area (Å²) in [6.45, 7) is 0. The van der Waals surface area contributed by atoms with Crippen molar-refractivity contribution in [1.82, 2.24) is 38.2 Å². The minimum atomic E-state index is -4.78. The largest absolute Gasteiger partial charge is 0.404 e. The molecule has 12 aliphatic heterocycles. The van der Waals surface area contributed by atoms with Crippen LogP contribution in [0.3, 0.4) is 0 Å². The summed E-state index contributed by atoms with van der Waals surface area (Å²) in [5, 5.41) is 4.51. The molecular formula is C60H24N20O9S3+4. The number of aliphatic imine (C=N–C) groups is 4. The Labute approximate surface area is 508 Å². The Morgan fingerprint density at radius 1 is 0.315 bits per heavy atom. The first-order valence-corrected chi connectivity index (χ1v) is 32.7. The predicted octanol–water partition coefficient (Wildman–Crippen LogP) is 2.20. The summed E-state index contributed by atoms with van der Waals surface area (Å²) in [6, 6.07) is 35.9. The molecule has 0 amide bonds. The summed E-state index contributed by atoms with van der Waals surface area (Å²) in [5.41, 5.74) is 5.29. The maximum absolute atomic E-state index is 13.0. The van der Waals surface area contributed by atoms with E-state index in [1.54, 1.807) is 12.1 Å². The fourth-order valence-electron chi connectivity index (χ4n) is 16.0. The van der Waals surface area contributed by atoms with Gasteiger partial charge in [-0.2, -0.15) is 43.5 Å². The van der Waals surface area contributed by atoms with Crippen LogP contribution >= 0.6 is 0 Å². The molecular weight excluding hydrogens is 1240 g/mol. The van der Waals surface area contributed by atoms with Crippen LogP contribution in [-0.2, 0) is 42.2 Å². The molecule has 0 fully saturated rings. The molecule has 0 aliphatic carbocycles. The second-order valence-corrected chi connectivity index (χ2v) is 27.9. The Bertz CT molecular complexity index is 7160. The highest BCUT2D eigenvalue weighted by molar-refractivity contribution is 7.86. The van der Waals surface area contributed by atoms with Crippen LogP contribution in [0, 0.1) is 0 Å². The molecule has 6 aromatic heterocycles. The highest BCUT2D eigenvalue weighted by Gasteiger charge is 2.73. The van der Waals surface area contributed by atoms with Crippen LogP contribution in [0.1, 0.15) is 45.0 Å². The number of hydrogen-bond acceptors (Lipinski definition) is 18. The molecule has 0 saturated carbocycles. The van der Waals surface area contributed by atoms with Crippen LogP contribution in [0.5, 0.6) is 0 Å². The number of benzene rings is 6. The van der Waals surface area contributed by atoms with E-state index < -0.39 is 52.0 Å². The number of amidine groups is 8. The molecule has 0 bridgehead atoms. The normalized spacial score (nSPS) is 20.7. The molecule has 29 nitrogen and oxygen atoms in total. The maximum Gasteiger partial charge on any atom is 0.404 e. The molecule has 6 aromatic carbocycles. The van der Waals surface area contributed by atoms with E-state index in [0.29, 0.717) is 83.3 Å². The lowest BCUT2D eigenvalue weighted by molar-refractivity contribution is -0.791. The van der Waals surface area contributed by atoms with Crippen molar-refractivity contribution in [3.63, 3.8) is 0 Å². The van der Waals surface area contributed by atoms with Gasteiger partial charge in [-0.1, -0.05) is 76.3 Å². The highest BCUT2D eigenvalue weighted by atomic mass is 32.2. The molecule has 12 aliphatic rings. The third-order valence-corrected chi connectivity index (χ3v) is 21.9. The fourth-order valence-corrected chi connectivity index (χ4v) is 17.5. The minimum Gasteiger partial charge on any atom is -0.282 e. The Hall–Kier alpha value is -11.8. The van der Waals surface area contributed by atoms with Gasteiger partial charge in [0.25, 0.3) is 77.0 Å². The molecule has 2 spiro atoms. The summed E-state index contributed by atoms with van der Waals surface area (Å²) in [5.74, 6) is 0.535. The molecule has 92 heavy (non-hydrogen) atoms. The van der Waals surface area contributed by atoms with Crippen molar-refractivity contribution in [3.8, 4) is 0 Å². The van der Waals surface area contributed by atoms with Crippen molar-refractivity contribution in [3.05, 3.63) is 194 Å². The van der Waals surface area contributed by atoms with E-state index in [4.69, 9.17) is 59.9 Å². The second kappa shape index (κ2) is 14.0. The van der Waals surface area contributed by atoms with Gasteiger partial charge in [-0.25, -0.2) is 19.9 Å². The van der Waals surface area contributed by atoms with Crippen LogP contribution < -0.4 is 22.0 Å². The third kappa shape index (κ3) is 4.72. The van der Waals surface area contributed by atoms with Crippen LogP contribution in [0.2, 0.25) is 0 Å². The first-order chi connectivity index (χ1) is 44.5. The summed E-state index contributed by atoms with van der Waals surface area (Å²) >= 11 is 0. The van der Waals surface area contributed by atoms with Gasteiger partial charge in [-0.05, 0) is 91.0 Å². The maximum atomic E-state index is 13.0. The summed E-state index contributed by atoms with van der Waals surface area (Å²) < 4.78 is 125. The molecule has 432 valence electrons. The van der Waals surface area contributed by atoms with Gasteiger partial charge >= 0.3 is 11.8 Å². The third-order valence-electron chi connectivity index (χ3n) is 19.4. The smallest absolute Gasteiger partial charge is 0.282 e. The van der Waals surface area contributed by atoms with Gasteiger partial charge in [0.15, 0.2) is 34.1 Å². The molecule has 0 saturated heterocycles. The van der Waals surface area contributed by atoms with Gasteiger partial charge < -0.3 is 0 Å². The molecule has 2 atom stereocenters. The minimum absolute atomic E-state index is 0.0400. The van der Waals surface area contributed by atoms with E-state index in [9.17, 15) is 38.9 Å². The standard InChI is InChI=1S/C60H21N20O9S3/c81-90(82,83)22-13-16-31-34(19-22)52-67-46-28-10-4-6-12-30(28)48-70-55-37-38(57-71-51-33-18-15-23(91(84,85)86)20-35(33)53-68-50(31)76(52)60(75(46)48,78(51)53)79(55)57)62-42-41(61-37)63-39-40(64-42)58-72-54-36-21-24(92(87,88)89)14-17-32(36)49-66-45-26-8-2-1-7-25(26)43-65-44-27-9-3-5-11-29(27)47-69-56(39)80(58)59(73(43)45,74(44)47)77(49)54/h1-21H/q+1/p+3/t59-,60-/m0/s1. The zero-order valence-corrected chi connectivity index (χ0v) is 48.0. The topological polar surface area (TPSA) is 345 Å². The lowest BCUT2D eigenvalue weighted by atomic mass is 10.1. The average Bonchev–Trinajstić information content (AvgIpc) is 1.46. The van der Waals surface area contributed by atoms with E-state index in [-0.39, 0.29) is 91.0 Å². The molecule has 32 heteroatoms. The fraction of sp³-hybridized carbons (Fsp3) is 0.0333. The van der Waals surface area contributed by atoms with Crippen molar-refractivity contribution in [2.24, 2.45) is 39.9 Å². The van der Waals surface area contributed by atoms with Gasteiger partial charge in [0.05, 0.1) is 36.9 Å². The zero-order chi connectivity index (χ0) is 60.8. The van der Waals surface area contributed by atoms with Gasteiger partial charge in [0, 0.05) is 43.1 Å². The average molecular weight is 1270 g/mol. The molecule has 12 aromatic rings. The van der Waals surface area contributed by atoms with E-state index >= 15 is 0 Å². The first-order valence-electron chi connectivity index (χ1n) is 28.3. The van der Waals surface area contributed by atoms with Crippen LogP contribution in [0.25, 0.3) is 54.4 Å². The quantitative estimate of drug-likeness (QED) is 0.169. The van der Waals surface area contributed by atoms with Gasteiger partial charge in [-0.3, -0.25) is 13.7 Å². The van der Waals surface area contributed by atoms with Gasteiger partial charge in [-0.15, -0.1) is 18.3 Å². The van der Waals surface area contributed by atoms with Gasteiger partial charge in [0.2, 0.25) is 45.2 Å². The first kappa shape index (κ1) is 47.2.